The van der Waals surface area contributed by atoms with Crippen LogP contribution in [0.15, 0.2) is 12.3 Å². The fourth-order valence-corrected chi connectivity index (χ4v) is 3.73. The average molecular weight is 333 g/mol. The lowest BCUT2D eigenvalue weighted by Gasteiger charge is -2.39. The Morgan fingerprint density at radius 1 is 1.42 bits per heavy atom. The predicted octanol–water partition coefficient (Wildman–Crippen LogP) is 1.62. The first-order chi connectivity index (χ1) is 11.3. The Balaban J connectivity index is 1.68. The van der Waals surface area contributed by atoms with E-state index in [4.69, 9.17) is 0 Å². The van der Waals surface area contributed by atoms with Gasteiger partial charge in [0.05, 0.1) is 5.69 Å². The van der Waals surface area contributed by atoms with E-state index in [1.54, 1.807) is 7.05 Å². The van der Waals surface area contributed by atoms with Crippen molar-refractivity contribution >= 4 is 11.9 Å². The molecule has 3 amide bonds. The number of hydrogen-bond acceptors (Lipinski definition) is 4. The van der Waals surface area contributed by atoms with Crippen molar-refractivity contribution < 1.29 is 9.59 Å². The molecule has 0 saturated carbocycles. The van der Waals surface area contributed by atoms with E-state index in [9.17, 15) is 9.59 Å². The minimum Gasteiger partial charge on any atom is -0.323 e. The van der Waals surface area contributed by atoms with Crippen molar-refractivity contribution in [3.8, 4) is 0 Å². The number of likely N-dealkylation sites (tertiary alicyclic amines) is 1. The fraction of sp³-hybridized carbons (Fsp3) is 0.706. The van der Waals surface area contributed by atoms with Crippen LogP contribution in [0, 0.1) is 5.92 Å². The van der Waals surface area contributed by atoms with Gasteiger partial charge in [-0.3, -0.25) is 19.3 Å². The van der Waals surface area contributed by atoms with Gasteiger partial charge in [-0.1, -0.05) is 0 Å². The number of rotatable bonds is 4. The first kappa shape index (κ1) is 17.0. The Labute approximate surface area is 143 Å². The van der Waals surface area contributed by atoms with Crippen molar-refractivity contribution in [2.24, 2.45) is 5.92 Å². The molecule has 1 aromatic heterocycles. The third kappa shape index (κ3) is 2.92. The van der Waals surface area contributed by atoms with Gasteiger partial charge in [0, 0.05) is 38.3 Å². The van der Waals surface area contributed by atoms with Gasteiger partial charge < -0.3 is 5.32 Å². The number of carbonyl (C=O) groups is 2. The number of nitrogens with one attached hydrogen (secondary N) is 1. The summed E-state index contributed by atoms with van der Waals surface area (Å²) in [6.07, 6.45) is 3.99. The Morgan fingerprint density at radius 3 is 2.75 bits per heavy atom. The summed E-state index contributed by atoms with van der Waals surface area (Å²) in [6, 6.07) is 2.12. The number of carbonyl (C=O) groups excluding carboxylic acids is 2. The van der Waals surface area contributed by atoms with Crippen LogP contribution in [0.5, 0.6) is 0 Å². The number of urea groups is 1. The third-order valence-electron chi connectivity index (χ3n) is 5.32. The van der Waals surface area contributed by atoms with Crippen LogP contribution in [-0.2, 0) is 11.3 Å². The number of likely N-dealkylation sites (N-methyl/N-ethyl adjacent to an activating group) is 1. The molecule has 1 N–H and O–H groups in total. The van der Waals surface area contributed by atoms with Crippen LogP contribution in [0.4, 0.5) is 4.79 Å². The summed E-state index contributed by atoms with van der Waals surface area (Å²) in [5, 5.41) is 7.51. The van der Waals surface area contributed by atoms with Gasteiger partial charge in [-0.25, -0.2) is 4.79 Å². The lowest BCUT2D eigenvalue weighted by atomic mass is 9.80. The smallest absolute Gasteiger partial charge is 0.323 e. The van der Waals surface area contributed by atoms with E-state index >= 15 is 0 Å². The molecule has 132 valence electrons. The highest BCUT2D eigenvalue weighted by molar-refractivity contribution is 6.06. The highest BCUT2D eigenvalue weighted by Crippen LogP contribution is 2.32. The summed E-state index contributed by atoms with van der Waals surface area (Å²) < 4.78 is 1.97. The van der Waals surface area contributed by atoms with Crippen LogP contribution in [0.1, 0.15) is 45.3 Å². The SMILES string of the molecule is CC(C)n1ccc(CN2CCCC(C3(C)NC(=O)N(C)C3=O)C2)n1. The largest absolute Gasteiger partial charge is 0.324 e. The van der Waals surface area contributed by atoms with Crippen LogP contribution < -0.4 is 5.32 Å². The lowest BCUT2D eigenvalue weighted by molar-refractivity contribution is -0.132. The van der Waals surface area contributed by atoms with Crippen molar-refractivity contribution in [2.75, 3.05) is 20.1 Å². The van der Waals surface area contributed by atoms with E-state index < -0.39 is 5.54 Å². The molecule has 3 heterocycles. The lowest BCUT2D eigenvalue weighted by Crippen LogP contribution is -2.55. The number of hydrogen-bond donors (Lipinski definition) is 1. The Hall–Kier alpha value is -1.89. The fourth-order valence-electron chi connectivity index (χ4n) is 3.73. The maximum absolute atomic E-state index is 12.5. The van der Waals surface area contributed by atoms with Gasteiger partial charge in [0.1, 0.15) is 5.54 Å². The highest BCUT2D eigenvalue weighted by Gasteiger charge is 2.51. The minimum absolute atomic E-state index is 0.122. The summed E-state index contributed by atoms with van der Waals surface area (Å²) >= 11 is 0. The van der Waals surface area contributed by atoms with Gasteiger partial charge in [0.15, 0.2) is 0 Å². The molecule has 2 unspecified atom stereocenters. The molecule has 7 nitrogen and oxygen atoms in total. The molecule has 0 radical (unpaired) electrons. The summed E-state index contributed by atoms with van der Waals surface area (Å²) in [6.45, 7) is 8.66. The Bertz CT molecular complexity index is 641. The number of imide groups is 1. The monoisotopic (exact) mass is 333 g/mol. The molecule has 7 heteroatoms. The molecule has 24 heavy (non-hydrogen) atoms. The summed E-state index contributed by atoms with van der Waals surface area (Å²) in [4.78, 5) is 27.9. The van der Waals surface area contributed by atoms with E-state index in [1.165, 1.54) is 4.90 Å². The van der Waals surface area contributed by atoms with Crippen molar-refractivity contribution in [1.29, 1.82) is 0 Å². The first-order valence-electron chi connectivity index (χ1n) is 8.68. The molecule has 0 aromatic carbocycles. The molecule has 0 spiro atoms. The van der Waals surface area contributed by atoms with Crippen LogP contribution in [0.3, 0.4) is 0 Å². The van der Waals surface area contributed by atoms with E-state index in [2.05, 4.69) is 35.2 Å². The minimum atomic E-state index is -0.790. The second-order valence-electron chi connectivity index (χ2n) is 7.45. The van der Waals surface area contributed by atoms with Crippen LogP contribution in [-0.4, -0.2) is 57.2 Å². The quantitative estimate of drug-likeness (QED) is 0.850. The molecule has 0 aliphatic carbocycles. The van der Waals surface area contributed by atoms with Gasteiger partial charge in [0.25, 0.3) is 5.91 Å². The second-order valence-corrected chi connectivity index (χ2v) is 7.45. The van der Waals surface area contributed by atoms with Crippen molar-refractivity contribution in [1.82, 2.24) is 24.9 Å². The first-order valence-corrected chi connectivity index (χ1v) is 8.68. The van der Waals surface area contributed by atoms with Gasteiger partial charge >= 0.3 is 6.03 Å². The number of amides is 3. The summed E-state index contributed by atoms with van der Waals surface area (Å²) in [5.41, 5.74) is 0.260. The van der Waals surface area contributed by atoms with E-state index in [1.807, 2.05) is 17.8 Å². The molecule has 0 bridgehead atoms. The number of nitrogens with zero attached hydrogens (tertiary/aromatic N) is 4. The molecule has 2 aliphatic heterocycles. The zero-order valence-electron chi connectivity index (χ0n) is 15.0. The summed E-state index contributed by atoms with van der Waals surface area (Å²) in [5.74, 6) is 0.00303. The van der Waals surface area contributed by atoms with E-state index in [0.717, 1.165) is 38.2 Å². The van der Waals surface area contributed by atoms with Crippen molar-refractivity contribution in [3.63, 3.8) is 0 Å². The zero-order valence-corrected chi connectivity index (χ0v) is 15.0. The van der Waals surface area contributed by atoms with Gasteiger partial charge in [-0.2, -0.15) is 5.10 Å². The van der Waals surface area contributed by atoms with Crippen LogP contribution in [0.25, 0.3) is 0 Å². The number of piperidine rings is 1. The Morgan fingerprint density at radius 2 is 2.17 bits per heavy atom. The van der Waals surface area contributed by atoms with Crippen molar-refractivity contribution in [3.05, 3.63) is 18.0 Å². The van der Waals surface area contributed by atoms with Gasteiger partial charge in [0.2, 0.25) is 0 Å². The molecule has 2 saturated heterocycles. The van der Waals surface area contributed by atoms with Crippen LogP contribution >= 0.6 is 0 Å². The molecule has 2 atom stereocenters. The van der Waals surface area contributed by atoms with Crippen molar-refractivity contribution in [2.45, 2.75) is 51.7 Å². The second kappa shape index (κ2) is 6.20. The van der Waals surface area contributed by atoms with Gasteiger partial charge in [-0.05, 0) is 46.2 Å². The topological polar surface area (TPSA) is 70.5 Å². The normalized spacial score (nSPS) is 28.7. The molecule has 3 rings (SSSR count). The third-order valence-corrected chi connectivity index (χ3v) is 5.32. The molecular weight excluding hydrogens is 306 g/mol. The average Bonchev–Trinajstić information content (AvgIpc) is 3.08. The molecule has 2 aliphatic rings. The number of aromatic nitrogens is 2. The molecule has 2 fully saturated rings. The van der Waals surface area contributed by atoms with Gasteiger partial charge in [-0.15, -0.1) is 0 Å². The maximum atomic E-state index is 12.5. The molecular formula is C17H27N5O2. The highest BCUT2D eigenvalue weighted by atomic mass is 16.2. The zero-order chi connectivity index (χ0) is 17.5. The molecule has 1 aromatic rings. The van der Waals surface area contributed by atoms with Crippen LogP contribution in [0.2, 0.25) is 0 Å². The van der Waals surface area contributed by atoms with E-state index in [-0.39, 0.29) is 17.9 Å². The maximum Gasteiger partial charge on any atom is 0.324 e. The van der Waals surface area contributed by atoms with E-state index in [0.29, 0.717) is 6.04 Å². The standard InChI is InChI=1S/C17H27N5O2/c1-12(2)22-9-7-14(19-22)11-21-8-5-6-13(10-21)17(3)15(23)20(4)16(24)18-17/h7,9,12-13H,5-6,8,10-11H2,1-4H3,(H,18,24). The Kier molecular flexibility index (Phi) is 4.38. The summed E-state index contributed by atoms with van der Waals surface area (Å²) in [7, 11) is 1.54. The predicted molar refractivity (Wildman–Crippen MR) is 90.3 cm³/mol.